The largest absolute Gasteiger partial charge is 0.463 e. The summed E-state index contributed by atoms with van der Waals surface area (Å²) < 4.78 is 23.8. The Labute approximate surface area is 172 Å². The van der Waals surface area contributed by atoms with E-state index in [-0.39, 0.29) is 37.1 Å². The van der Waals surface area contributed by atoms with Gasteiger partial charge >= 0.3 is 17.7 Å². The number of rotatable bonds is 10. The molecule has 9 nitrogen and oxygen atoms in total. The molecular weight excluding hydrogens is 393 g/mol. The van der Waals surface area contributed by atoms with Crippen molar-refractivity contribution in [2.45, 2.75) is 32.7 Å². The molecule has 3 N–H and O–H groups in total. The third-order valence-electron chi connectivity index (χ3n) is 4.41. The number of nitrogens with zero attached hydrogens (tertiary/aromatic N) is 3. The van der Waals surface area contributed by atoms with Gasteiger partial charge in [0, 0.05) is 0 Å². The van der Waals surface area contributed by atoms with E-state index in [0.29, 0.717) is 17.8 Å². The van der Waals surface area contributed by atoms with Crippen molar-refractivity contribution in [1.29, 1.82) is 0 Å². The van der Waals surface area contributed by atoms with Gasteiger partial charge in [-0.15, -0.1) is 0 Å². The lowest BCUT2D eigenvalue weighted by Crippen LogP contribution is -2.18. The minimum atomic E-state index is -0.705. The number of hydrogen-bond donors (Lipinski definition) is 2. The van der Waals surface area contributed by atoms with E-state index in [4.69, 9.17) is 15.2 Å². The van der Waals surface area contributed by atoms with Crippen LogP contribution in [-0.2, 0) is 22.5 Å². The molecule has 1 aromatic carbocycles. The maximum atomic E-state index is 12.4. The molecule has 0 unspecified atom stereocenters. The van der Waals surface area contributed by atoms with Crippen LogP contribution in [0.1, 0.15) is 30.9 Å². The monoisotopic (exact) mass is 417 g/mol. The van der Waals surface area contributed by atoms with E-state index in [1.165, 1.54) is 4.57 Å². The van der Waals surface area contributed by atoms with Crippen LogP contribution in [0.3, 0.4) is 0 Å². The minimum Gasteiger partial charge on any atom is -0.463 e. The number of carbonyl (C=O) groups excluding carboxylic acids is 1. The Morgan fingerprint density at radius 1 is 1.20 bits per heavy atom. The number of nitrogens with one attached hydrogen (secondary N) is 1. The van der Waals surface area contributed by atoms with Crippen LogP contribution in [-0.4, -0.2) is 45.4 Å². The Hall–Kier alpha value is -3.43. The average molecular weight is 417 g/mol. The standard InChI is InChI=1S/C20H24FN5O4/c1-2-3-9-30-19-24-17(22)16-18(25-19)26(20(28)23-16)12-14-6-4-13(5-7-14)11-15(27)29-10-8-21/h4-7H,2-3,8-12H2,1H3,(H,23,28)(H2,22,24,25). The van der Waals surface area contributed by atoms with Crippen LogP contribution < -0.4 is 16.2 Å². The average Bonchev–Trinajstić information content (AvgIpc) is 3.04. The van der Waals surface area contributed by atoms with Gasteiger partial charge in [0.05, 0.1) is 19.6 Å². The maximum absolute atomic E-state index is 12.4. The predicted octanol–water partition coefficient (Wildman–Crippen LogP) is 1.98. The molecule has 30 heavy (non-hydrogen) atoms. The minimum absolute atomic E-state index is 0.0511. The number of carbonyl (C=O) groups is 1. The van der Waals surface area contributed by atoms with Crippen molar-refractivity contribution in [3.05, 3.63) is 45.9 Å². The molecule has 0 aliphatic carbocycles. The first-order valence-electron chi connectivity index (χ1n) is 9.70. The summed E-state index contributed by atoms with van der Waals surface area (Å²) in [4.78, 5) is 35.1. The molecule has 0 atom stereocenters. The lowest BCUT2D eigenvalue weighted by Gasteiger charge is -2.07. The molecule has 10 heteroatoms. The third-order valence-corrected chi connectivity index (χ3v) is 4.41. The second-order valence-corrected chi connectivity index (χ2v) is 6.71. The second kappa shape index (κ2) is 9.86. The first kappa shape index (κ1) is 21.3. The Kier molecular flexibility index (Phi) is 6.99. The summed E-state index contributed by atoms with van der Waals surface area (Å²) in [5.41, 5.74) is 7.86. The van der Waals surface area contributed by atoms with Crippen molar-refractivity contribution in [1.82, 2.24) is 19.5 Å². The van der Waals surface area contributed by atoms with Crippen molar-refractivity contribution in [3.63, 3.8) is 0 Å². The van der Waals surface area contributed by atoms with Gasteiger partial charge < -0.3 is 20.2 Å². The number of esters is 1. The van der Waals surface area contributed by atoms with Gasteiger partial charge in [0.1, 0.15) is 18.8 Å². The fourth-order valence-corrected chi connectivity index (χ4v) is 2.87. The van der Waals surface area contributed by atoms with Crippen LogP contribution in [0.4, 0.5) is 10.2 Å². The van der Waals surface area contributed by atoms with Crippen molar-refractivity contribution in [2.24, 2.45) is 0 Å². The zero-order valence-electron chi connectivity index (χ0n) is 16.7. The van der Waals surface area contributed by atoms with E-state index in [2.05, 4.69) is 15.0 Å². The number of hydrogen-bond acceptors (Lipinski definition) is 7. The van der Waals surface area contributed by atoms with Crippen LogP contribution in [0.25, 0.3) is 11.2 Å². The number of fused-ring (bicyclic) bond motifs is 1. The van der Waals surface area contributed by atoms with E-state index in [0.717, 1.165) is 24.0 Å². The van der Waals surface area contributed by atoms with Gasteiger partial charge in [-0.05, 0) is 17.5 Å². The van der Waals surface area contributed by atoms with Gasteiger partial charge in [-0.25, -0.2) is 9.18 Å². The Bertz CT molecular complexity index is 1060. The van der Waals surface area contributed by atoms with Gasteiger partial charge in [-0.2, -0.15) is 9.97 Å². The van der Waals surface area contributed by atoms with Crippen LogP contribution in [0.5, 0.6) is 6.01 Å². The number of aromatic nitrogens is 4. The molecule has 0 spiro atoms. The molecule has 160 valence electrons. The van der Waals surface area contributed by atoms with E-state index in [9.17, 15) is 14.0 Å². The lowest BCUT2D eigenvalue weighted by molar-refractivity contribution is -0.143. The van der Waals surface area contributed by atoms with Gasteiger partial charge in [0.25, 0.3) is 0 Å². The summed E-state index contributed by atoms with van der Waals surface area (Å²) >= 11 is 0. The van der Waals surface area contributed by atoms with E-state index >= 15 is 0 Å². The number of anilines is 1. The second-order valence-electron chi connectivity index (χ2n) is 6.71. The zero-order valence-corrected chi connectivity index (χ0v) is 16.7. The van der Waals surface area contributed by atoms with Crippen LogP contribution in [0.2, 0.25) is 0 Å². The highest BCUT2D eigenvalue weighted by Gasteiger charge is 2.15. The molecule has 0 fully saturated rings. The van der Waals surface area contributed by atoms with Crippen LogP contribution in [0, 0.1) is 0 Å². The Morgan fingerprint density at radius 3 is 2.63 bits per heavy atom. The summed E-state index contributed by atoms with van der Waals surface area (Å²) in [6.45, 7) is 1.81. The van der Waals surface area contributed by atoms with Gasteiger partial charge in [0.15, 0.2) is 11.5 Å². The Balaban J connectivity index is 1.78. The van der Waals surface area contributed by atoms with Crippen LogP contribution in [0.15, 0.2) is 29.1 Å². The van der Waals surface area contributed by atoms with Crippen molar-refractivity contribution >= 4 is 23.0 Å². The van der Waals surface area contributed by atoms with Crippen LogP contribution >= 0.6 is 0 Å². The molecular formula is C20H24FN5O4. The molecule has 0 saturated carbocycles. The normalized spacial score (nSPS) is 11.0. The molecule has 2 aromatic heterocycles. The first-order chi connectivity index (χ1) is 14.5. The molecule has 0 saturated heterocycles. The number of nitrogen functional groups attached to an aromatic ring is 1. The number of benzene rings is 1. The number of H-pyrrole nitrogens is 1. The fourth-order valence-electron chi connectivity index (χ4n) is 2.87. The molecule has 3 aromatic rings. The summed E-state index contributed by atoms with van der Waals surface area (Å²) in [6.07, 6.45) is 1.88. The smallest absolute Gasteiger partial charge is 0.328 e. The summed E-state index contributed by atoms with van der Waals surface area (Å²) in [5.74, 6) is -0.347. The fraction of sp³-hybridized carbons (Fsp3) is 0.400. The molecule has 0 bridgehead atoms. The quantitative estimate of drug-likeness (QED) is 0.382. The van der Waals surface area contributed by atoms with E-state index in [1.807, 2.05) is 6.92 Å². The number of nitrogens with two attached hydrogens (primary N) is 1. The number of alkyl halides is 1. The number of imidazole rings is 1. The van der Waals surface area contributed by atoms with Crippen molar-refractivity contribution < 1.29 is 18.7 Å². The van der Waals surface area contributed by atoms with Gasteiger partial charge in [-0.1, -0.05) is 37.6 Å². The number of aromatic amines is 1. The molecule has 0 aliphatic heterocycles. The molecule has 3 rings (SSSR count). The van der Waals surface area contributed by atoms with E-state index in [1.54, 1.807) is 24.3 Å². The molecule has 0 aliphatic rings. The highest BCUT2D eigenvalue weighted by molar-refractivity contribution is 5.82. The molecule has 0 amide bonds. The summed E-state index contributed by atoms with van der Waals surface area (Å²) in [6, 6.07) is 7.24. The van der Waals surface area contributed by atoms with E-state index < -0.39 is 12.6 Å². The topological polar surface area (TPSA) is 125 Å². The first-order valence-corrected chi connectivity index (χ1v) is 9.70. The van der Waals surface area contributed by atoms with Crippen molar-refractivity contribution in [3.8, 4) is 6.01 Å². The SMILES string of the molecule is CCCCOc1nc(N)c2[nH]c(=O)n(Cc3ccc(CC(=O)OCCF)cc3)c2n1. The maximum Gasteiger partial charge on any atom is 0.328 e. The lowest BCUT2D eigenvalue weighted by atomic mass is 10.1. The Morgan fingerprint density at radius 2 is 1.93 bits per heavy atom. The molecule has 2 heterocycles. The predicted molar refractivity (Wildman–Crippen MR) is 109 cm³/mol. The highest BCUT2D eigenvalue weighted by atomic mass is 19.1. The highest BCUT2D eigenvalue weighted by Crippen LogP contribution is 2.19. The third kappa shape index (κ3) is 5.13. The zero-order chi connectivity index (χ0) is 21.5. The summed E-state index contributed by atoms with van der Waals surface area (Å²) in [5, 5.41) is 0. The number of ether oxygens (including phenoxy) is 2. The molecule has 0 radical (unpaired) electrons. The van der Waals surface area contributed by atoms with Gasteiger partial charge in [-0.3, -0.25) is 9.36 Å². The number of unbranched alkanes of at least 4 members (excludes halogenated alkanes) is 1. The number of halogens is 1. The summed E-state index contributed by atoms with van der Waals surface area (Å²) in [7, 11) is 0. The van der Waals surface area contributed by atoms with Crippen molar-refractivity contribution in [2.75, 3.05) is 25.6 Å². The van der Waals surface area contributed by atoms with Gasteiger partial charge in [0.2, 0.25) is 0 Å².